The first kappa shape index (κ1) is 24.7. The van der Waals surface area contributed by atoms with Gasteiger partial charge in [0.15, 0.2) is 5.78 Å². The minimum absolute atomic E-state index is 0.105. The van der Waals surface area contributed by atoms with Crippen LogP contribution in [0.1, 0.15) is 39.2 Å². The first-order chi connectivity index (χ1) is 17.5. The zero-order valence-corrected chi connectivity index (χ0v) is 20.2. The maximum absolute atomic E-state index is 12.8. The number of ketones is 2. The van der Waals surface area contributed by atoms with Gasteiger partial charge in [0.05, 0.1) is 19.8 Å². The van der Waals surface area contributed by atoms with E-state index in [0.29, 0.717) is 30.1 Å². The monoisotopic (exact) mass is 480 g/mol. The molecular weight excluding hydrogens is 452 g/mol. The number of allylic oxidation sites excluding steroid dienone is 1. The lowest BCUT2D eigenvalue weighted by Gasteiger charge is -2.11. The fraction of sp³-hybridized carbons (Fsp3) is 0.161. The zero-order chi connectivity index (χ0) is 25.3. The van der Waals surface area contributed by atoms with Crippen LogP contribution in [0.4, 0.5) is 0 Å². The molecule has 0 saturated heterocycles. The Labute approximate surface area is 211 Å². The predicted octanol–water partition coefficient (Wildman–Crippen LogP) is 6.51. The summed E-state index contributed by atoms with van der Waals surface area (Å²) >= 11 is 0. The Morgan fingerprint density at radius 2 is 1.64 bits per heavy atom. The van der Waals surface area contributed by atoms with Gasteiger partial charge in [0.1, 0.15) is 29.6 Å². The Bertz CT molecular complexity index is 1320. The third kappa shape index (κ3) is 6.60. The number of methoxy groups -OCH3 is 1. The van der Waals surface area contributed by atoms with E-state index in [0.717, 1.165) is 28.0 Å². The lowest BCUT2D eigenvalue weighted by Crippen LogP contribution is -2.11. The minimum atomic E-state index is -0.226. The summed E-state index contributed by atoms with van der Waals surface area (Å²) in [4.78, 5) is 25.5. The van der Waals surface area contributed by atoms with E-state index in [-0.39, 0.29) is 24.4 Å². The van der Waals surface area contributed by atoms with Gasteiger partial charge < -0.3 is 13.9 Å². The van der Waals surface area contributed by atoms with E-state index >= 15 is 0 Å². The van der Waals surface area contributed by atoms with Crippen LogP contribution in [-0.2, 0) is 24.2 Å². The van der Waals surface area contributed by atoms with Gasteiger partial charge in [-0.05, 0) is 59.2 Å². The smallest absolute Gasteiger partial charge is 0.170 e. The van der Waals surface area contributed by atoms with Gasteiger partial charge in [-0.3, -0.25) is 9.59 Å². The molecule has 0 spiro atoms. The third-order valence-electron chi connectivity index (χ3n) is 5.80. The fourth-order valence-electron chi connectivity index (χ4n) is 3.93. The molecule has 0 atom stereocenters. The summed E-state index contributed by atoms with van der Waals surface area (Å²) < 4.78 is 16.6. The third-order valence-corrected chi connectivity index (χ3v) is 5.80. The molecule has 0 aliphatic heterocycles. The summed E-state index contributed by atoms with van der Waals surface area (Å²) in [6, 6.07) is 26.1. The van der Waals surface area contributed by atoms with Crippen molar-refractivity contribution in [2.24, 2.45) is 0 Å². The van der Waals surface area contributed by atoms with Crippen molar-refractivity contribution in [3.8, 4) is 11.5 Å². The molecule has 1 heterocycles. The SMILES string of the molecule is C=C(Cc1ccc(OC)c(CC(=O)CC(=O)c2ccc(OCc3ccccc3)cc2)c1)c1ccco1. The van der Waals surface area contributed by atoms with Crippen LogP contribution in [0.25, 0.3) is 5.57 Å². The number of hydrogen-bond donors (Lipinski definition) is 0. The van der Waals surface area contributed by atoms with Crippen molar-refractivity contribution < 1.29 is 23.5 Å². The molecule has 0 saturated carbocycles. The largest absolute Gasteiger partial charge is 0.496 e. The van der Waals surface area contributed by atoms with E-state index in [9.17, 15) is 9.59 Å². The molecule has 182 valence electrons. The molecule has 3 aromatic carbocycles. The number of benzene rings is 3. The molecule has 0 unspecified atom stereocenters. The van der Waals surface area contributed by atoms with Gasteiger partial charge in [-0.1, -0.05) is 49.0 Å². The van der Waals surface area contributed by atoms with E-state index < -0.39 is 0 Å². The lowest BCUT2D eigenvalue weighted by atomic mass is 9.97. The van der Waals surface area contributed by atoms with Crippen molar-refractivity contribution in [3.05, 3.63) is 126 Å². The van der Waals surface area contributed by atoms with Crippen LogP contribution in [0.15, 0.2) is 102 Å². The number of carbonyl (C=O) groups is 2. The predicted molar refractivity (Wildman–Crippen MR) is 139 cm³/mol. The van der Waals surface area contributed by atoms with Crippen LogP contribution in [-0.4, -0.2) is 18.7 Å². The molecule has 1 aromatic heterocycles. The van der Waals surface area contributed by atoms with E-state index in [1.165, 1.54) is 0 Å². The maximum atomic E-state index is 12.8. The summed E-state index contributed by atoms with van der Waals surface area (Å²) in [5.74, 6) is 1.61. The fourth-order valence-corrected chi connectivity index (χ4v) is 3.93. The number of rotatable bonds is 12. The number of Topliss-reactive ketones (excluding diaryl/α,β-unsaturated/α-hetero) is 2. The summed E-state index contributed by atoms with van der Waals surface area (Å²) in [5, 5.41) is 0. The second-order valence-corrected chi connectivity index (χ2v) is 8.52. The van der Waals surface area contributed by atoms with Crippen molar-refractivity contribution in [1.29, 1.82) is 0 Å². The second-order valence-electron chi connectivity index (χ2n) is 8.52. The van der Waals surface area contributed by atoms with Gasteiger partial charge in [0.2, 0.25) is 0 Å². The van der Waals surface area contributed by atoms with Crippen LogP contribution in [0, 0.1) is 0 Å². The Balaban J connectivity index is 1.34. The van der Waals surface area contributed by atoms with E-state index in [1.54, 1.807) is 37.6 Å². The van der Waals surface area contributed by atoms with Crippen LogP contribution >= 0.6 is 0 Å². The first-order valence-electron chi connectivity index (χ1n) is 11.7. The highest BCUT2D eigenvalue weighted by Gasteiger charge is 2.16. The van der Waals surface area contributed by atoms with Crippen LogP contribution in [0.5, 0.6) is 11.5 Å². The second kappa shape index (κ2) is 11.8. The Morgan fingerprint density at radius 3 is 2.33 bits per heavy atom. The molecule has 0 bridgehead atoms. The highest BCUT2D eigenvalue weighted by molar-refractivity contribution is 6.08. The van der Waals surface area contributed by atoms with E-state index in [4.69, 9.17) is 13.9 Å². The van der Waals surface area contributed by atoms with Crippen molar-refractivity contribution in [2.75, 3.05) is 7.11 Å². The van der Waals surface area contributed by atoms with E-state index in [2.05, 4.69) is 6.58 Å². The van der Waals surface area contributed by atoms with Gasteiger partial charge in [0, 0.05) is 24.0 Å². The van der Waals surface area contributed by atoms with Crippen molar-refractivity contribution >= 4 is 17.1 Å². The van der Waals surface area contributed by atoms with Crippen LogP contribution < -0.4 is 9.47 Å². The molecular formula is C31H28O5. The Hall–Kier alpha value is -4.38. The maximum Gasteiger partial charge on any atom is 0.170 e. The topological polar surface area (TPSA) is 65.7 Å². The van der Waals surface area contributed by atoms with Gasteiger partial charge >= 0.3 is 0 Å². The molecule has 36 heavy (non-hydrogen) atoms. The molecule has 0 aliphatic rings. The van der Waals surface area contributed by atoms with E-state index in [1.807, 2.05) is 60.7 Å². The number of hydrogen-bond acceptors (Lipinski definition) is 5. The Morgan fingerprint density at radius 1 is 0.861 bits per heavy atom. The molecule has 5 nitrogen and oxygen atoms in total. The lowest BCUT2D eigenvalue weighted by molar-refractivity contribution is -0.117. The van der Waals surface area contributed by atoms with Crippen LogP contribution in [0.2, 0.25) is 0 Å². The molecule has 4 rings (SSSR count). The van der Waals surface area contributed by atoms with Gasteiger partial charge in [-0.25, -0.2) is 0 Å². The molecule has 0 aliphatic carbocycles. The van der Waals surface area contributed by atoms with Gasteiger partial charge in [0.25, 0.3) is 0 Å². The summed E-state index contributed by atoms with van der Waals surface area (Å²) in [7, 11) is 1.57. The quantitative estimate of drug-likeness (QED) is 0.171. The number of carbonyl (C=O) groups excluding carboxylic acids is 2. The van der Waals surface area contributed by atoms with Crippen LogP contribution in [0.3, 0.4) is 0 Å². The molecule has 4 aromatic rings. The zero-order valence-electron chi connectivity index (χ0n) is 20.2. The number of ether oxygens (including phenoxy) is 2. The first-order valence-corrected chi connectivity index (χ1v) is 11.7. The average Bonchev–Trinajstić information content (AvgIpc) is 3.44. The molecule has 0 fully saturated rings. The van der Waals surface area contributed by atoms with Crippen molar-refractivity contribution in [2.45, 2.75) is 25.9 Å². The highest BCUT2D eigenvalue weighted by atomic mass is 16.5. The summed E-state index contributed by atoms with van der Waals surface area (Å²) in [6.07, 6.45) is 2.11. The summed E-state index contributed by atoms with van der Waals surface area (Å²) in [5.41, 5.74) is 4.11. The molecule has 0 N–H and O–H groups in total. The molecule has 0 amide bonds. The highest BCUT2D eigenvalue weighted by Crippen LogP contribution is 2.25. The standard InChI is InChI=1S/C31H28O5/c1-22(30-9-6-16-35-30)17-24-10-15-31(34-2)26(18-24)19-27(32)20-29(33)25-11-13-28(14-12-25)36-21-23-7-4-3-5-8-23/h3-16,18H,1,17,19-21H2,2H3. The van der Waals surface area contributed by atoms with Gasteiger partial charge in [-0.15, -0.1) is 0 Å². The van der Waals surface area contributed by atoms with Gasteiger partial charge in [-0.2, -0.15) is 0 Å². The average molecular weight is 481 g/mol. The van der Waals surface area contributed by atoms with Crippen molar-refractivity contribution in [3.63, 3.8) is 0 Å². The number of furan rings is 1. The Kier molecular flexibility index (Phi) is 8.14. The minimum Gasteiger partial charge on any atom is -0.496 e. The normalized spacial score (nSPS) is 10.6. The molecule has 5 heteroatoms. The molecule has 0 radical (unpaired) electrons. The summed E-state index contributed by atoms with van der Waals surface area (Å²) in [6.45, 7) is 4.53. The van der Waals surface area contributed by atoms with Crippen molar-refractivity contribution in [1.82, 2.24) is 0 Å².